The lowest BCUT2D eigenvalue weighted by molar-refractivity contribution is 0.163. The SMILES string of the molecule is O=c1ccc(-n2cncn2)nn1CC1CCN(Cc2cc(F)cc(F)c2)CC1. The first-order chi connectivity index (χ1) is 13.6. The number of piperidine rings is 1. The van der Waals surface area contributed by atoms with Gasteiger partial charge in [-0.2, -0.15) is 5.10 Å². The molecule has 146 valence electrons. The number of benzene rings is 1. The monoisotopic (exact) mass is 386 g/mol. The molecule has 4 rings (SSSR count). The maximum Gasteiger partial charge on any atom is 0.266 e. The van der Waals surface area contributed by atoms with Gasteiger partial charge in [0.1, 0.15) is 24.3 Å². The van der Waals surface area contributed by atoms with Crippen molar-refractivity contribution >= 4 is 0 Å². The first-order valence-corrected chi connectivity index (χ1v) is 9.17. The highest BCUT2D eigenvalue weighted by Gasteiger charge is 2.21. The zero-order chi connectivity index (χ0) is 19.5. The molecule has 28 heavy (non-hydrogen) atoms. The second kappa shape index (κ2) is 7.97. The first kappa shape index (κ1) is 18.4. The van der Waals surface area contributed by atoms with E-state index in [0.29, 0.717) is 30.4 Å². The average molecular weight is 386 g/mol. The molecule has 9 heteroatoms. The summed E-state index contributed by atoms with van der Waals surface area (Å²) in [6.07, 6.45) is 4.72. The Morgan fingerprint density at radius 1 is 1.07 bits per heavy atom. The fourth-order valence-corrected chi connectivity index (χ4v) is 3.55. The molecule has 3 heterocycles. The van der Waals surface area contributed by atoms with Crippen LogP contribution in [0.5, 0.6) is 0 Å². The molecule has 0 saturated carbocycles. The molecule has 0 spiro atoms. The maximum atomic E-state index is 13.4. The third-order valence-electron chi connectivity index (χ3n) is 4.97. The van der Waals surface area contributed by atoms with Crippen molar-refractivity contribution in [2.75, 3.05) is 13.1 Å². The summed E-state index contributed by atoms with van der Waals surface area (Å²) in [4.78, 5) is 18.2. The quantitative estimate of drug-likeness (QED) is 0.671. The van der Waals surface area contributed by atoms with Crippen LogP contribution in [0, 0.1) is 17.6 Å². The summed E-state index contributed by atoms with van der Waals surface area (Å²) in [6.45, 7) is 2.66. The van der Waals surface area contributed by atoms with Gasteiger partial charge in [0.2, 0.25) is 0 Å². The average Bonchev–Trinajstić information content (AvgIpc) is 3.19. The van der Waals surface area contributed by atoms with Crippen molar-refractivity contribution in [1.29, 1.82) is 0 Å². The summed E-state index contributed by atoms with van der Waals surface area (Å²) >= 11 is 0. The van der Waals surface area contributed by atoms with Crippen molar-refractivity contribution < 1.29 is 8.78 Å². The molecule has 0 unspecified atom stereocenters. The summed E-state index contributed by atoms with van der Waals surface area (Å²) in [5.74, 6) is -0.246. The van der Waals surface area contributed by atoms with Crippen LogP contribution in [-0.4, -0.2) is 42.5 Å². The molecule has 1 aliphatic rings. The second-order valence-electron chi connectivity index (χ2n) is 7.05. The molecule has 1 aromatic carbocycles. The van der Waals surface area contributed by atoms with E-state index >= 15 is 0 Å². The lowest BCUT2D eigenvalue weighted by Gasteiger charge is -2.32. The minimum absolute atomic E-state index is 0.151. The fourth-order valence-electron chi connectivity index (χ4n) is 3.55. The third kappa shape index (κ3) is 4.30. The molecule has 1 fully saturated rings. The van der Waals surface area contributed by atoms with Crippen molar-refractivity contribution in [3.63, 3.8) is 0 Å². The van der Waals surface area contributed by atoms with Gasteiger partial charge in [0.15, 0.2) is 5.82 Å². The predicted octanol–water partition coefficient (Wildman–Crippen LogP) is 2.01. The normalized spacial score (nSPS) is 15.8. The minimum atomic E-state index is -0.553. The van der Waals surface area contributed by atoms with E-state index in [4.69, 9.17) is 0 Å². The molecule has 0 bridgehead atoms. The highest BCUT2D eigenvalue weighted by atomic mass is 19.1. The van der Waals surface area contributed by atoms with Gasteiger partial charge in [0.25, 0.3) is 5.56 Å². The topological polar surface area (TPSA) is 68.8 Å². The van der Waals surface area contributed by atoms with Gasteiger partial charge in [-0.3, -0.25) is 9.69 Å². The van der Waals surface area contributed by atoms with E-state index in [-0.39, 0.29) is 5.56 Å². The lowest BCUT2D eigenvalue weighted by Crippen LogP contribution is -2.36. The van der Waals surface area contributed by atoms with Gasteiger partial charge in [-0.15, -0.1) is 5.10 Å². The van der Waals surface area contributed by atoms with Crippen LogP contribution in [0.25, 0.3) is 5.82 Å². The molecular weight excluding hydrogens is 366 g/mol. The minimum Gasteiger partial charge on any atom is -0.299 e. The van der Waals surface area contributed by atoms with E-state index < -0.39 is 11.6 Å². The molecule has 1 saturated heterocycles. The van der Waals surface area contributed by atoms with Crippen LogP contribution in [0.15, 0.2) is 47.8 Å². The van der Waals surface area contributed by atoms with Gasteiger partial charge in [-0.1, -0.05) is 0 Å². The van der Waals surface area contributed by atoms with Crippen molar-refractivity contribution in [2.45, 2.75) is 25.9 Å². The van der Waals surface area contributed by atoms with Gasteiger partial charge >= 0.3 is 0 Å². The Labute approximate surface area is 160 Å². The summed E-state index contributed by atoms with van der Waals surface area (Å²) < 4.78 is 29.7. The molecule has 2 aromatic heterocycles. The second-order valence-corrected chi connectivity index (χ2v) is 7.05. The first-order valence-electron chi connectivity index (χ1n) is 9.17. The maximum absolute atomic E-state index is 13.4. The Morgan fingerprint density at radius 2 is 1.82 bits per heavy atom. The summed E-state index contributed by atoms with van der Waals surface area (Å²) in [5.41, 5.74) is 0.482. The van der Waals surface area contributed by atoms with E-state index in [1.165, 1.54) is 40.2 Å². The largest absolute Gasteiger partial charge is 0.299 e. The Kier molecular flexibility index (Phi) is 5.25. The van der Waals surface area contributed by atoms with Crippen molar-refractivity contribution in [1.82, 2.24) is 29.4 Å². The molecule has 0 atom stereocenters. The van der Waals surface area contributed by atoms with E-state index in [2.05, 4.69) is 20.1 Å². The molecule has 7 nitrogen and oxygen atoms in total. The van der Waals surface area contributed by atoms with Crippen LogP contribution < -0.4 is 5.56 Å². The number of likely N-dealkylation sites (tertiary alicyclic amines) is 1. The molecule has 0 aliphatic carbocycles. The zero-order valence-corrected chi connectivity index (χ0v) is 15.2. The van der Waals surface area contributed by atoms with E-state index in [0.717, 1.165) is 32.0 Å². The predicted molar refractivity (Wildman–Crippen MR) is 97.8 cm³/mol. The Bertz CT molecular complexity index is 976. The molecule has 0 N–H and O–H groups in total. The van der Waals surface area contributed by atoms with Crippen molar-refractivity contribution in [2.24, 2.45) is 5.92 Å². The zero-order valence-electron chi connectivity index (χ0n) is 15.2. The van der Waals surface area contributed by atoms with Crippen LogP contribution >= 0.6 is 0 Å². The van der Waals surface area contributed by atoms with Gasteiger partial charge in [-0.05, 0) is 55.6 Å². The standard InChI is InChI=1S/C19H20F2N6O/c20-16-7-15(8-17(21)9-16)10-25-5-3-14(4-6-25)11-26-19(28)2-1-18(24-26)27-13-22-12-23-27/h1-2,7-9,12-14H,3-6,10-11H2. The number of nitrogens with zero attached hydrogens (tertiary/aromatic N) is 6. The van der Waals surface area contributed by atoms with Crippen LogP contribution in [0.3, 0.4) is 0 Å². The summed E-state index contributed by atoms with van der Waals surface area (Å²) in [5, 5.41) is 8.42. The highest BCUT2D eigenvalue weighted by Crippen LogP contribution is 2.21. The molecule has 1 aliphatic heterocycles. The van der Waals surface area contributed by atoms with Gasteiger partial charge in [0.05, 0.1) is 0 Å². The van der Waals surface area contributed by atoms with Gasteiger partial charge < -0.3 is 0 Å². The molecular formula is C19H20F2N6O. The smallest absolute Gasteiger partial charge is 0.266 e. The van der Waals surface area contributed by atoms with Crippen molar-refractivity contribution in [3.8, 4) is 5.82 Å². The number of aromatic nitrogens is 5. The third-order valence-corrected chi connectivity index (χ3v) is 4.97. The van der Waals surface area contributed by atoms with E-state index in [1.807, 2.05) is 0 Å². The number of hydrogen-bond acceptors (Lipinski definition) is 5. The van der Waals surface area contributed by atoms with Crippen LogP contribution in [0.2, 0.25) is 0 Å². The van der Waals surface area contributed by atoms with Crippen LogP contribution in [0.4, 0.5) is 8.78 Å². The number of hydrogen-bond donors (Lipinski definition) is 0. The summed E-state index contributed by atoms with van der Waals surface area (Å²) in [7, 11) is 0. The fraction of sp³-hybridized carbons (Fsp3) is 0.368. The lowest BCUT2D eigenvalue weighted by atomic mass is 9.96. The number of rotatable bonds is 5. The van der Waals surface area contributed by atoms with Gasteiger partial charge in [0, 0.05) is 25.2 Å². The van der Waals surface area contributed by atoms with E-state index in [1.54, 1.807) is 6.07 Å². The Hall–Kier alpha value is -2.94. The number of halogens is 2. The summed E-state index contributed by atoms with van der Waals surface area (Å²) in [6, 6.07) is 6.72. The van der Waals surface area contributed by atoms with Crippen LogP contribution in [0.1, 0.15) is 18.4 Å². The molecule has 0 radical (unpaired) electrons. The molecule has 0 amide bonds. The Balaban J connectivity index is 1.37. The van der Waals surface area contributed by atoms with Crippen molar-refractivity contribution in [3.05, 3.63) is 70.5 Å². The molecule has 3 aromatic rings. The van der Waals surface area contributed by atoms with E-state index in [9.17, 15) is 13.6 Å². The Morgan fingerprint density at radius 3 is 2.50 bits per heavy atom. The highest BCUT2D eigenvalue weighted by molar-refractivity contribution is 5.18. The van der Waals surface area contributed by atoms with Crippen LogP contribution in [-0.2, 0) is 13.1 Å². The van der Waals surface area contributed by atoms with Gasteiger partial charge in [-0.25, -0.2) is 23.1 Å².